The van der Waals surface area contributed by atoms with Gasteiger partial charge in [-0.2, -0.15) is 0 Å². The Morgan fingerprint density at radius 1 is 1.20 bits per heavy atom. The topological polar surface area (TPSA) is 54.5 Å². The van der Waals surface area contributed by atoms with E-state index in [1.54, 1.807) is 6.20 Å². The van der Waals surface area contributed by atoms with Crippen molar-refractivity contribution in [3.63, 3.8) is 0 Å². The van der Waals surface area contributed by atoms with Crippen molar-refractivity contribution in [1.29, 1.82) is 0 Å². The minimum Gasteiger partial charge on any atom is -0.406 e. The largest absolute Gasteiger partial charge is 0.573 e. The van der Waals surface area contributed by atoms with Gasteiger partial charge in [0.1, 0.15) is 5.75 Å². The van der Waals surface area contributed by atoms with Crippen LogP contribution < -0.4 is 10.1 Å². The molecule has 0 spiro atoms. The first-order chi connectivity index (χ1) is 11.8. The lowest BCUT2D eigenvalue weighted by Gasteiger charge is -2.16. The Kier molecular flexibility index (Phi) is 6.35. The average molecular weight is 353 g/mol. The molecule has 0 radical (unpaired) electrons. The highest BCUT2D eigenvalue weighted by molar-refractivity contribution is 5.92. The first-order valence-corrected chi connectivity index (χ1v) is 7.56. The molecule has 0 bridgehead atoms. The number of halogens is 3. The van der Waals surface area contributed by atoms with Crippen molar-refractivity contribution in [2.45, 2.75) is 12.8 Å². The number of nitrogens with one attached hydrogen (secondary N) is 1. The van der Waals surface area contributed by atoms with Gasteiger partial charge in [0.2, 0.25) is 5.91 Å². The van der Waals surface area contributed by atoms with Crippen LogP contribution >= 0.6 is 0 Å². The van der Waals surface area contributed by atoms with Gasteiger partial charge >= 0.3 is 6.36 Å². The third kappa shape index (κ3) is 7.21. The zero-order chi connectivity index (χ0) is 18.3. The number of nitrogens with zero attached hydrogens (tertiary/aromatic N) is 2. The van der Waals surface area contributed by atoms with Gasteiger partial charge in [0.15, 0.2) is 0 Å². The van der Waals surface area contributed by atoms with E-state index in [4.69, 9.17) is 0 Å². The standard InChI is InChI=1S/C17H18F3N3O2/c1-23(11-9-13-4-2-3-10-21-13)12-16(24)22-14-5-7-15(8-6-14)25-17(18,19)20/h2-8,10H,9,11-12H2,1H3,(H,22,24). The van der Waals surface area contributed by atoms with Gasteiger partial charge in [0.05, 0.1) is 6.54 Å². The maximum atomic E-state index is 12.1. The molecule has 0 saturated carbocycles. The Balaban J connectivity index is 1.77. The van der Waals surface area contributed by atoms with Gasteiger partial charge in [-0.3, -0.25) is 14.7 Å². The Morgan fingerprint density at radius 3 is 2.52 bits per heavy atom. The highest BCUT2D eigenvalue weighted by Gasteiger charge is 2.30. The summed E-state index contributed by atoms with van der Waals surface area (Å²) in [6.07, 6.45) is -2.30. The number of pyridine rings is 1. The second-order valence-corrected chi connectivity index (χ2v) is 5.43. The van der Waals surface area contributed by atoms with E-state index < -0.39 is 6.36 Å². The number of alkyl halides is 3. The lowest BCUT2D eigenvalue weighted by atomic mass is 10.2. The van der Waals surface area contributed by atoms with Gasteiger partial charge < -0.3 is 10.1 Å². The first-order valence-electron chi connectivity index (χ1n) is 7.56. The summed E-state index contributed by atoms with van der Waals surface area (Å²) in [4.78, 5) is 18.0. The van der Waals surface area contributed by atoms with Crippen molar-refractivity contribution in [2.75, 3.05) is 25.5 Å². The summed E-state index contributed by atoms with van der Waals surface area (Å²) in [6, 6.07) is 10.7. The third-order valence-corrected chi connectivity index (χ3v) is 3.26. The average Bonchev–Trinajstić information content (AvgIpc) is 2.54. The van der Waals surface area contributed by atoms with Crippen LogP contribution in [0.15, 0.2) is 48.7 Å². The van der Waals surface area contributed by atoms with E-state index in [-0.39, 0.29) is 18.2 Å². The maximum Gasteiger partial charge on any atom is 0.573 e. The second kappa shape index (κ2) is 8.48. The number of hydrogen-bond acceptors (Lipinski definition) is 4. The van der Waals surface area contributed by atoms with E-state index in [1.807, 2.05) is 30.1 Å². The zero-order valence-electron chi connectivity index (χ0n) is 13.6. The molecule has 0 fully saturated rings. The molecule has 2 aromatic rings. The van der Waals surface area contributed by atoms with Crippen LogP contribution in [0.1, 0.15) is 5.69 Å². The van der Waals surface area contributed by atoms with E-state index >= 15 is 0 Å². The van der Waals surface area contributed by atoms with E-state index in [9.17, 15) is 18.0 Å². The quantitative estimate of drug-likeness (QED) is 0.831. The van der Waals surface area contributed by atoms with Crippen molar-refractivity contribution in [3.05, 3.63) is 54.4 Å². The number of hydrogen-bond donors (Lipinski definition) is 1. The molecule has 1 N–H and O–H groups in total. The van der Waals surface area contributed by atoms with Crippen molar-refractivity contribution < 1.29 is 22.7 Å². The summed E-state index contributed by atoms with van der Waals surface area (Å²) < 4.78 is 40.0. The molecule has 0 saturated heterocycles. The Labute approximate surface area is 143 Å². The molecule has 2 rings (SSSR count). The molecule has 0 unspecified atom stereocenters. The summed E-state index contributed by atoms with van der Waals surface area (Å²) >= 11 is 0. The van der Waals surface area contributed by atoms with Crippen molar-refractivity contribution in [1.82, 2.24) is 9.88 Å². The van der Waals surface area contributed by atoms with Gasteiger partial charge in [-0.15, -0.1) is 13.2 Å². The molecular weight excluding hydrogens is 335 g/mol. The molecule has 5 nitrogen and oxygen atoms in total. The number of amides is 1. The van der Waals surface area contributed by atoms with Crippen LogP contribution in [0.3, 0.4) is 0 Å². The molecule has 0 atom stereocenters. The second-order valence-electron chi connectivity index (χ2n) is 5.43. The molecule has 0 aliphatic carbocycles. The Morgan fingerprint density at radius 2 is 1.92 bits per heavy atom. The summed E-state index contributed by atoms with van der Waals surface area (Å²) in [5.74, 6) is -0.592. The molecular formula is C17H18F3N3O2. The zero-order valence-corrected chi connectivity index (χ0v) is 13.6. The molecule has 0 aliphatic rings. The Bertz CT molecular complexity index is 676. The van der Waals surface area contributed by atoms with E-state index in [1.165, 1.54) is 12.1 Å². The molecule has 134 valence electrons. The lowest BCUT2D eigenvalue weighted by Crippen LogP contribution is -2.31. The number of aromatic nitrogens is 1. The fourth-order valence-corrected chi connectivity index (χ4v) is 2.12. The minimum absolute atomic E-state index is 0.160. The SMILES string of the molecule is CN(CCc1ccccn1)CC(=O)Nc1ccc(OC(F)(F)F)cc1. The molecule has 0 aliphatic heterocycles. The van der Waals surface area contributed by atoms with Crippen molar-refractivity contribution in [2.24, 2.45) is 0 Å². The number of carbonyl (C=O) groups excluding carboxylic acids is 1. The van der Waals surface area contributed by atoms with Crippen molar-refractivity contribution in [3.8, 4) is 5.75 Å². The molecule has 8 heteroatoms. The Hall–Kier alpha value is -2.61. The summed E-state index contributed by atoms with van der Waals surface area (Å²) in [5, 5.41) is 2.63. The maximum absolute atomic E-state index is 12.1. The van der Waals surface area contributed by atoms with E-state index in [0.29, 0.717) is 18.7 Å². The predicted octanol–water partition coefficient (Wildman–Crippen LogP) is 3.09. The summed E-state index contributed by atoms with van der Waals surface area (Å²) in [7, 11) is 1.81. The monoisotopic (exact) mass is 353 g/mol. The predicted molar refractivity (Wildman–Crippen MR) is 87.2 cm³/mol. The fourth-order valence-electron chi connectivity index (χ4n) is 2.12. The number of rotatable bonds is 7. The first kappa shape index (κ1) is 18.7. The minimum atomic E-state index is -4.74. The summed E-state index contributed by atoms with van der Waals surface area (Å²) in [5.41, 5.74) is 1.34. The highest BCUT2D eigenvalue weighted by Crippen LogP contribution is 2.23. The van der Waals surface area contributed by atoms with Crippen LogP contribution in [-0.2, 0) is 11.2 Å². The van der Waals surface area contributed by atoms with Crippen LogP contribution in [0.2, 0.25) is 0 Å². The van der Waals surface area contributed by atoms with Crippen LogP contribution in [0.4, 0.5) is 18.9 Å². The normalized spacial score (nSPS) is 11.4. The van der Waals surface area contributed by atoms with Crippen LogP contribution in [0.5, 0.6) is 5.75 Å². The van der Waals surface area contributed by atoms with Gasteiger partial charge in [0.25, 0.3) is 0 Å². The van der Waals surface area contributed by atoms with Gasteiger partial charge in [-0.05, 0) is 43.4 Å². The highest BCUT2D eigenvalue weighted by atomic mass is 19.4. The number of ether oxygens (including phenoxy) is 1. The van der Waals surface area contributed by atoms with E-state index in [0.717, 1.165) is 17.8 Å². The number of anilines is 1. The van der Waals surface area contributed by atoms with Gasteiger partial charge in [0, 0.05) is 30.5 Å². The number of carbonyl (C=O) groups is 1. The third-order valence-electron chi connectivity index (χ3n) is 3.26. The number of benzene rings is 1. The van der Waals surface area contributed by atoms with Gasteiger partial charge in [-0.1, -0.05) is 6.07 Å². The van der Waals surface area contributed by atoms with Crippen LogP contribution in [-0.4, -0.2) is 42.3 Å². The van der Waals surface area contributed by atoms with Crippen molar-refractivity contribution >= 4 is 11.6 Å². The molecule has 1 amide bonds. The molecule has 1 heterocycles. The molecule has 25 heavy (non-hydrogen) atoms. The van der Waals surface area contributed by atoms with Gasteiger partial charge in [-0.25, -0.2) is 0 Å². The van der Waals surface area contributed by atoms with E-state index in [2.05, 4.69) is 15.0 Å². The molecule has 1 aromatic heterocycles. The van der Waals surface area contributed by atoms with Crippen LogP contribution in [0.25, 0.3) is 0 Å². The number of likely N-dealkylation sites (N-methyl/N-ethyl adjacent to an activating group) is 1. The van der Waals surface area contributed by atoms with Crippen LogP contribution in [0, 0.1) is 0 Å². The fraction of sp³-hybridized carbons (Fsp3) is 0.294. The summed E-state index contributed by atoms with van der Waals surface area (Å²) in [6.45, 7) is 0.816. The lowest BCUT2D eigenvalue weighted by molar-refractivity contribution is -0.274. The smallest absolute Gasteiger partial charge is 0.406 e. The molecule has 1 aromatic carbocycles.